The van der Waals surface area contributed by atoms with Gasteiger partial charge in [-0.25, -0.2) is 9.78 Å². The molecule has 0 amide bonds. The van der Waals surface area contributed by atoms with Crippen LogP contribution in [-0.4, -0.2) is 25.6 Å². The number of nitrogens with zero attached hydrogens (tertiary/aromatic N) is 3. The minimum Gasteiger partial charge on any atom is -0.476 e. The Morgan fingerprint density at radius 3 is 2.84 bits per heavy atom. The van der Waals surface area contributed by atoms with Crippen molar-refractivity contribution in [3.05, 3.63) is 35.9 Å². The van der Waals surface area contributed by atoms with Gasteiger partial charge in [-0.1, -0.05) is 6.92 Å². The van der Waals surface area contributed by atoms with E-state index in [2.05, 4.69) is 16.9 Å². The minimum atomic E-state index is -0.946. The third-order valence-corrected chi connectivity index (χ3v) is 3.60. The summed E-state index contributed by atoms with van der Waals surface area (Å²) in [5.74, 6) is 0.299. The van der Waals surface area contributed by atoms with E-state index in [1.165, 1.54) is 0 Å². The summed E-state index contributed by atoms with van der Waals surface area (Å²) in [5.41, 5.74) is 1.95. The Morgan fingerprint density at radius 1 is 1.42 bits per heavy atom. The number of pyridine rings is 1. The number of hydrogen-bond acceptors (Lipinski definition) is 3. The first kappa shape index (κ1) is 11.9. The molecule has 1 atom stereocenters. The normalized spacial score (nSPS) is 18.1. The lowest BCUT2D eigenvalue weighted by atomic mass is 9.97. The Morgan fingerprint density at radius 2 is 2.16 bits per heavy atom. The monoisotopic (exact) mass is 257 g/mol. The predicted molar refractivity (Wildman–Crippen MR) is 69.9 cm³/mol. The molecular weight excluding hydrogens is 242 g/mol. The lowest BCUT2D eigenvalue weighted by molar-refractivity contribution is 0.0689. The molecule has 1 N–H and O–H groups in total. The number of aromatic carboxylic acids is 1. The number of aromatic nitrogens is 3. The summed E-state index contributed by atoms with van der Waals surface area (Å²) in [7, 11) is 0. The standard InChI is InChI=1S/C14H15N3O2/c1-9-4-7-17-11(8-9)12(14(18)19)16-13(17)10-2-5-15-6-3-10/h2-3,5-6,9H,4,7-8H2,1H3,(H,18,19). The Hall–Kier alpha value is -2.17. The molecule has 1 aliphatic rings. The van der Waals surface area contributed by atoms with Gasteiger partial charge in [0.25, 0.3) is 0 Å². The lowest BCUT2D eigenvalue weighted by Gasteiger charge is -2.22. The Labute approximate surface area is 110 Å². The summed E-state index contributed by atoms with van der Waals surface area (Å²) in [6, 6.07) is 3.72. The summed E-state index contributed by atoms with van der Waals surface area (Å²) in [6.07, 6.45) is 5.23. The first-order valence-corrected chi connectivity index (χ1v) is 6.40. The van der Waals surface area contributed by atoms with Crippen molar-refractivity contribution in [2.75, 3.05) is 0 Å². The SMILES string of the molecule is CC1CCn2c(-c3ccncc3)nc(C(=O)O)c2C1. The number of hydrogen-bond donors (Lipinski definition) is 1. The second-order valence-corrected chi connectivity index (χ2v) is 5.02. The average Bonchev–Trinajstić information content (AvgIpc) is 2.78. The van der Waals surface area contributed by atoms with Crippen LogP contribution in [0.3, 0.4) is 0 Å². The van der Waals surface area contributed by atoms with E-state index in [-0.39, 0.29) is 5.69 Å². The lowest BCUT2D eigenvalue weighted by Crippen LogP contribution is -2.19. The van der Waals surface area contributed by atoms with Crippen molar-refractivity contribution in [3.63, 3.8) is 0 Å². The fraction of sp³-hybridized carbons (Fsp3) is 0.357. The van der Waals surface area contributed by atoms with E-state index < -0.39 is 5.97 Å². The van der Waals surface area contributed by atoms with Gasteiger partial charge in [0.1, 0.15) is 5.82 Å². The van der Waals surface area contributed by atoms with Gasteiger partial charge in [0, 0.05) is 24.5 Å². The summed E-state index contributed by atoms with van der Waals surface area (Å²) < 4.78 is 2.04. The van der Waals surface area contributed by atoms with Crippen molar-refractivity contribution in [1.82, 2.24) is 14.5 Å². The zero-order chi connectivity index (χ0) is 13.4. The number of fused-ring (bicyclic) bond motifs is 1. The number of rotatable bonds is 2. The van der Waals surface area contributed by atoms with Crippen LogP contribution >= 0.6 is 0 Å². The highest BCUT2D eigenvalue weighted by molar-refractivity contribution is 5.88. The van der Waals surface area contributed by atoms with E-state index in [1.807, 2.05) is 16.7 Å². The molecule has 0 aromatic carbocycles. The van der Waals surface area contributed by atoms with Crippen LogP contribution < -0.4 is 0 Å². The van der Waals surface area contributed by atoms with Gasteiger partial charge in [-0.05, 0) is 30.9 Å². The van der Waals surface area contributed by atoms with Crippen LogP contribution in [0.2, 0.25) is 0 Å². The zero-order valence-electron chi connectivity index (χ0n) is 10.7. The molecule has 19 heavy (non-hydrogen) atoms. The fourth-order valence-electron chi connectivity index (χ4n) is 2.61. The molecule has 1 unspecified atom stereocenters. The van der Waals surface area contributed by atoms with Gasteiger partial charge in [0.2, 0.25) is 0 Å². The van der Waals surface area contributed by atoms with E-state index in [0.717, 1.165) is 36.5 Å². The van der Waals surface area contributed by atoms with Crippen LogP contribution in [-0.2, 0) is 13.0 Å². The van der Waals surface area contributed by atoms with E-state index >= 15 is 0 Å². The fourth-order valence-corrected chi connectivity index (χ4v) is 2.61. The van der Waals surface area contributed by atoms with Crippen LogP contribution in [0.4, 0.5) is 0 Å². The molecule has 3 rings (SSSR count). The average molecular weight is 257 g/mol. The molecule has 2 aromatic rings. The number of imidazole rings is 1. The van der Waals surface area contributed by atoms with Crippen LogP contribution in [0.25, 0.3) is 11.4 Å². The Kier molecular flexibility index (Phi) is 2.81. The molecule has 5 nitrogen and oxygen atoms in total. The van der Waals surface area contributed by atoms with Gasteiger partial charge in [-0.2, -0.15) is 0 Å². The zero-order valence-corrected chi connectivity index (χ0v) is 10.7. The summed E-state index contributed by atoms with van der Waals surface area (Å²) in [4.78, 5) is 19.7. The highest BCUT2D eigenvalue weighted by Crippen LogP contribution is 2.29. The van der Waals surface area contributed by atoms with Crippen molar-refractivity contribution in [1.29, 1.82) is 0 Å². The Bertz CT molecular complexity index is 619. The molecule has 5 heteroatoms. The van der Waals surface area contributed by atoms with E-state index in [4.69, 9.17) is 0 Å². The summed E-state index contributed by atoms with van der Waals surface area (Å²) in [5, 5.41) is 9.30. The number of carboxylic acid groups (broad SMARTS) is 1. The second kappa shape index (κ2) is 4.50. The van der Waals surface area contributed by atoms with Crippen LogP contribution in [0.5, 0.6) is 0 Å². The summed E-state index contributed by atoms with van der Waals surface area (Å²) in [6.45, 7) is 2.97. The van der Waals surface area contributed by atoms with Crippen molar-refractivity contribution in [3.8, 4) is 11.4 Å². The van der Waals surface area contributed by atoms with Gasteiger partial charge in [0.05, 0.1) is 5.69 Å². The van der Waals surface area contributed by atoms with Crippen molar-refractivity contribution in [2.45, 2.75) is 26.3 Å². The molecule has 3 heterocycles. The van der Waals surface area contributed by atoms with Gasteiger partial charge in [0.15, 0.2) is 5.69 Å². The number of carboxylic acids is 1. The molecule has 0 radical (unpaired) electrons. The maximum absolute atomic E-state index is 11.3. The first-order chi connectivity index (χ1) is 9.16. The molecule has 0 spiro atoms. The molecule has 1 aliphatic heterocycles. The molecular formula is C14H15N3O2. The second-order valence-electron chi connectivity index (χ2n) is 5.02. The predicted octanol–water partition coefficient (Wildman–Crippen LogP) is 2.23. The van der Waals surface area contributed by atoms with Gasteiger partial charge < -0.3 is 9.67 Å². The van der Waals surface area contributed by atoms with Gasteiger partial charge in [-0.15, -0.1) is 0 Å². The molecule has 0 saturated carbocycles. The van der Waals surface area contributed by atoms with E-state index in [9.17, 15) is 9.90 Å². The van der Waals surface area contributed by atoms with Crippen molar-refractivity contribution >= 4 is 5.97 Å². The van der Waals surface area contributed by atoms with Crippen LogP contribution in [0.15, 0.2) is 24.5 Å². The van der Waals surface area contributed by atoms with Crippen molar-refractivity contribution in [2.24, 2.45) is 5.92 Å². The quantitative estimate of drug-likeness (QED) is 0.895. The van der Waals surface area contributed by atoms with Crippen LogP contribution in [0.1, 0.15) is 29.5 Å². The highest BCUT2D eigenvalue weighted by atomic mass is 16.4. The molecule has 0 bridgehead atoms. The highest BCUT2D eigenvalue weighted by Gasteiger charge is 2.27. The smallest absolute Gasteiger partial charge is 0.356 e. The van der Waals surface area contributed by atoms with Crippen molar-refractivity contribution < 1.29 is 9.90 Å². The van der Waals surface area contributed by atoms with Gasteiger partial charge >= 0.3 is 5.97 Å². The topological polar surface area (TPSA) is 68.0 Å². The molecule has 98 valence electrons. The molecule has 0 saturated heterocycles. The third kappa shape index (κ3) is 2.01. The molecule has 2 aromatic heterocycles. The molecule has 0 fully saturated rings. The maximum atomic E-state index is 11.3. The van der Waals surface area contributed by atoms with E-state index in [0.29, 0.717) is 5.92 Å². The van der Waals surface area contributed by atoms with E-state index in [1.54, 1.807) is 12.4 Å². The summed E-state index contributed by atoms with van der Waals surface area (Å²) >= 11 is 0. The first-order valence-electron chi connectivity index (χ1n) is 6.40. The maximum Gasteiger partial charge on any atom is 0.356 e. The van der Waals surface area contributed by atoms with Crippen LogP contribution in [0, 0.1) is 5.92 Å². The third-order valence-electron chi connectivity index (χ3n) is 3.60. The van der Waals surface area contributed by atoms with Gasteiger partial charge in [-0.3, -0.25) is 4.98 Å². The largest absolute Gasteiger partial charge is 0.476 e. The number of carbonyl (C=O) groups is 1. The Balaban J connectivity index is 2.17. The molecule has 0 aliphatic carbocycles. The minimum absolute atomic E-state index is 0.193.